The van der Waals surface area contributed by atoms with Crippen LogP contribution in [-0.4, -0.2) is 27.7 Å². The Morgan fingerprint density at radius 3 is 2.72 bits per heavy atom. The van der Waals surface area contributed by atoms with Gasteiger partial charge in [-0.05, 0) is 29.5 Å². The summed E-state index contributed by atoms with van der Waals surface area (Å²) >= 11 is 0. The number of para-hydroxylation sites is 1. The lowest BCUT2D eigenvalue weighted by atomic mass is 10.2. The standard InChI is InChI=1S/C17H14N6O2/c1-24-16-8-7-14(25-13-5-3-2-4-6-13)9-15(16)19-11-12(10-18)17-20-22-23-21-17/h2-9,11,19H,1H3,(H,20,21,22,23). The fourth-order valence-corrected chi connectivity index (χ4v) is 2.06. The lowest BCUT2D eigenvalue weighted by Crippen LogP contribution is -1.96. The second-order valence-electron chi connectivity index (χ2n) is 4.83. The summed E-state index contributed by atoms with van der Waals surface area (Å²) in [5, 5.41) is 25.5. The molecule has 1 aromatic heterocycles. The summed E-state index contributed by atoms with van der Waals surface area (Å²) in [6.07, 6.45) is 1.48. The van der Waals surface area contributed by atoms with Gasteiger partial charge in [0.15, 0.2) is 0 Å². The lowest BCUT2D eigenvalue weighted by Gasteiger charge is -2.11. The summed E-state index contributed by atoms with van der Waals surface area (Å²) in [6.45, 7) is 0. The van der Waals surface area contributed by atoms with Crippen LogP contribution in [0.5, 0.6) is 17.2 Å². The van der Waals surface area contributed by atoms with Crippen LogP contribution in [-0.2, 0) is 0 Å². The molecule has 0 radical (unpaired) electrons. The van der Waals surface area contributed by atoms with Crippen molar-refractivity contribution in [2.45, 2.75) is 0 Å². The van der Waals surface area contributed by atoms with Crippen molar-refractivity contribution in [3.63, 3.8) is 0 Å². The van der Waals surface area contributed by atoms with E-state index in [1.54, 1.807) is 25.3 Å². The van der Waals surface area contributed by atoms with Gasteiger partial charge < -0.3 is 14.8 Å². The Hall–Kier alpha value is -3.86. The summed E-state index contributed by atoms with van der Waals surface area (Å²) in [7, 11) is 1.56. The maximum Gasteiger partial charge on any atom is 0.216 e. The summed E-state index contributed by atoms with van der Waals surface area (Å²) < 4.78 is 11.1. The number of benzene rings is 2. The molecule has 0 unspecified atom stereocenters. The highest BCUT2D eigenvalue weighted by Crippen LogP contribution is 2.31. The fraction of sp³-hybridized carbons (Fsp3) is 0.0588. The van der Waals surface area contributed by atoms with Gasteiger partial charge in [0, 0.05) is 12.3 Å². The minimum Gasteiger partial charge on any atom is -0.495 e. The predicted molar refractivity (Wildman–Crippen MR) is 90.9 cm³/mol. The summed E-state index contributed by atoms with van der Waals surface area (Å²) in [6, 6.07) is 16.8. The van der Waals surface area contributed by atoms with Gasteiger partial charge in [0.1, 0.15) is 28.9 Å². The summed E-state index contributed by atoms with van der Waals surface area (Å²) in [5.41, 5.74) is 0.859. The van der Waals surface area contributed by atoms with Gasteiger partial charge >= 0.3 is 0 Å². The molecule has 0 saturated heterocycles. The van der Waals surface area contributed by atoms with E-state index < -0.39 is 0 Å². The number of nitriles is 1. The number of hydrogen-bond donors (Lipinski definition) is 2. The molecule has 0 fully saturated rings. The molecule has 3 aromatic rings. The van der Waals surface area contributed by atoms with Crippen molar-refractivity contribution in [2.75, 3.05) is 12.4 Å². The van der Waals surface area contributed by atoms with Gasteiger partial charge in [-0.2, -0.15) is 10.5 Å². The first kappa shape index (κ1) is 16.0. The normalized spacial score (nSPS) is 10.8. The smallest absolute Gasteiger partial charge is 0.216 e. The first-order chi connectivity index (χ1) is 12.3. The molecular formula is C17H14N6O2. The molecule has 2 aromatic carbocycles. The molecule has 0 saturated carbocycles. The van der Waals surface area contributed by atoms with E-state index in [9.17, 15) is 5.26 Å². The molecule has 0 bridgehead atoms. The Labute approximate surface area is 143 Å². The van der Waals surface area contributed by atoms with Gasteiger partial charge in [-0.3, -0.25) is 0 Å². The van der Waals surface area contributed by atoms with E-state index in [-0.39, 0.29) is 11.4 Å². The minimum atomic E-state index is 0.200. The molecule has 0 amide bonds. The third kappa shape index (κ3) is 3.92. The number of nitrogens with zero attached hydrogens (tertiary/aromatic N) is 4. The van der Waals surface area contributed by atoms with Crippen molar-refractivity contribution in [1.29, 1.82) is 5.26 Å². The predicted octanol–water partition coefficient (Wildman–Crippen LogP) is 2.98. The van der Waals surface area contributed by atoms with E-state index in [1.807, 2.05) is 36.4 Å². The molecular weight excluding hydrogens is 320 g/mol. The first-order valence-corrected chi connectivity index (χ1v) is 7.31. The van der Waals surface area contributed by atoms with Gasteiger partial charge in [-0.15, -0.1) is 10.2 Å². The quantitative estimate of drug-likeness (QED) is 0.667. The molecule has 0 aliphatic heterocycles. The molecule has 8 heteroatoms. The van der Waals surface area contributed by atoms with Crippen LogP contribution in [0.25, 0.3) is 5.57 Å². The Bertz CT molecular complexity index is 901. The van der Waals surface area contributed by atoms with E-state index in [0.717, 1.165) is 5.75 Å². The second-order valence-corrected chi connectivity index (χ2v) is 4.83. The van der Waals surface area contributed by atoms with Gasteiger partial charge in [0.2, 0.25) is 5.82 Å². The number of nitrogens with one attached hydrogen (secondary N) is 2. The number of aromatic nitrogens is 4. The maximum atomic E-state index is 9.22. The topological polar surface area (TPSA) is 109 Å². The zero-order valence-corrected chi connectivity index (χ0v) is 13.3. The van der Waals surface area contributed by atoms with Gasteiger partial charge in [-0.25, -0.2) is 0 Å². The summed E-state index contributed by atoms with van der Waals surface area (Å²) in [5.74, 6) is 2.15. The number of tetrazole rings is 1. The van der Waals surface area contributed by atoms with Gasteiger partial charge in [0.25, 0.3) is 0 Å². The van der Waals surface area contributed by atoms with E-state index >= 15 is 0 Å². The van der Waals surface area contributed by atoms with Crippen LogP contribution in [0.15, 0.2) is 54.7 Å². The number of methoxy groups -OCH3 is 1. The Morgan fingerprint density at radius 1 is 1.20 bits per heavy atom. The third-order valence-electron chi connectivity index (χ3n) is 3.23. The zero-order valence-electron chi connectivity index (χ0n) is 13.3. The molecule has 8 nitrogen and oxygen atoms in total. The van der Waals surface area contributed by atoms with Crippen LogP contribution in [0.3, 0.4) is 0 Å². The SMILES string of the molecule is COc1ccc(Oc2ccccc2)cc1NC=C(C#N)c1nn[nH]n1. The van der Waals surface area contributed by atoms with Crippen LogP contribution < -0.4 is 14.8 Å². The zero-order chi connectivity index (χ0) is 17.5. The van der Waals surface area contributed by atoms with Gasteiger partial charge in [0.05, 0.1) is 12.8 Å². The largest absolute Gasteiger partial charge is 0.495 e. The highest BCUT2D eigenvalue weighted by molar-refractivity contribution is 5.75. The molecule has 25 heavy (non-hydrogen) atoms. The van der Waals surface area contributed by atoms with E-state index in [1.165, 1.54) is 6.20 Å². The number of H-pyrrole nitrogens is 1. The van der Waals surface area contributed by atoms with Crippen molar-refractivity contribution in [2.24, 2.45) is 0 Å². The number of ether oxygens (including phenoxy) is 2. The molecule has 2 N–H and O–H groups in total. The molecule has 0 aliphatic rings. The Kier molecular flexibility index (Phi) is 4.87. The maximum absolute atomic E-state index is 9.22. The second kappa shape index (κ2) is 7.61. The van der Waals surface area contributed by atoms with Crippen LogP contribution in [0.1, 0.15) is 5.82 Å². The van der Waals surface area contributed by atoms with Crippen LogP contribution in [0.4, 0.5) is 5.69 Å². The van der Waals surface area contributed by atoms with E-state index in [0.29, 0.717) is 17.2 Å². The number of anilines is 1. The van der Waals surface area contributed by atoms with Crippen LogP contribution >= 0.6 is 0 Å². The van der Waals surface area contributed by atoms with Crippen molar-refractivity contribution in [1.82, 2.24) is 20.6 Å². The Balaban J connectivity index is 1.84. The highest BCUT2D eigenvalue weighted by atomic mass is 16.5. The molecule has 0 aliphatic carbocycles. The average Bonchev–Trinajstić information content (AvgIpc) is 3.18. The third-order valence-corrected chi connectivity index (χ3v) is 3.23. The van der Waals surface area contributed by atoms with E-state index in [4.69, 9.17) is 9.47 Å². The minimum absolute atomic E-state index is 0.200. The number of hydrogen-bond acceptors (Lipinski definition) is 7. The van der Waals surface area contributed by atoms with E-state index in [2.05, 4.69) is 25.9 Å². The van der Waals surface area contributed by atoms with Crippen molar-refractivity contribution in [3.05, 3.63) is 60.6 Å². The number of allylic oxidation sites excluding steroid dienone is 1. The molecule has 0 atom stereocenters. The first-order valence-electron chi connectivity index (χ1n) is 7.31. The lowest BCUT2D eigenvalue weighted by molar-refractivity contribution is 0.415. The Morgan fingerprint density at radius 2 is 2.04 bits per heavy atom. The van der Waals surface area contributed by atoms with Crippen LogP contribution in [0.2, 0.25) is 0 Å². The van der Waals surface area contributed by atoms with Crippen LogP contribution in [0, 0.1) is 11.3 Å². The fourth-order valence-electron chi connectivity index (χ4n) is 2.06. The molecule has 3 rings (SSSR count). The average molecular weight is 334 g/mol. The number of aromatic amines is 1. The molecule has 0 spiro atoms. The summed E-state index contributed by atoms with van der Waals surface area (Å²) in [4.78, 5) is 0. The number of rotatable bonds is 6. The molecule has 124 valence electrons. The van der Waals surface area contributed by atoms with Crippen molar-refractivity contribution < 1.29 is 9.47 Å². The van der Waals surface area contributed by atoms with Gasteiger partial charge in [-0.1, -0.05) is 18.2 Å². The highest BCUT2D eigenvalue weighted by Gasteiger charge is 2.08. The van der Waals surface area contributed by atoms with Crippen molar-refractivity contribution >= 4 is 11.3 Å². The molecule has 1 heterocycles. The monoisotopic (exact) mass is 334 g/mol. The van der Waals surface area contributed by atoms with Crippen molar-refractivity contribution in [3.8, 4) is 23.3 Å².